The molecule has 17 heavy (non-hydrogen) atoms. The Balaban J connectivity index is 2.07. The van der Waals surface area contributed by atoms with Crippen LogP contribution < -0.4 is 0 Å². The minimum atomic E-state index is -0.685. The molecule has 1 atom stereocenters. The lowest BCUT2D eigenvalue weighted by atomic mass is 10.1. The van der Waals surface area contributed by atoms with Crippen LogP contribution in [0.15, 0.2) is 45.8 Å². The third kappa shape index (κ3) is 1.90. The third-order valence-electron chi connectivity index (χ3n) is 2.60. The molecule has 0 radical (unpaired) electrons. The summed E-state index contributed by atoms with van der Waals surface area (Å²) in [5, 5.41) is 14.1. The van der Waals surface area contributed by atoms with Crippen molar-refractivity contribution in [3.8, 4) is 0 Å². The van der Waals surface area contributed by atoms with E-state index in [4.69, 9.17) is 0 Å². The Bertz CT molecular complexity index is 628. The Morgan fingerprint density at radius 3 is 2.94 bits per heavy atom. The van der Waals surface area contributed by atoms with Gasteiger partial charge in [-0.3, -0.25) is 0 Å². The number of aromatic nitrogens is 2. The van der Waals surface area contributed by atoms with E-state index in [1.54, 1.807) is 11.3 Å². The van der Waals surface area contributed by atoms with Gasteiger partial charge < -0.3 is 9.51 Å². The highest BCUT2D eigenvalue weighted by atomic mass is 79.9. The zero-order valence-electron chi connectivity index (χ0n) is 8.75. The van der Waals surface area contributed by atoms with Gasteiger partial charge in [-0.2, -0.15) is 11.3 Å². The van der Waals surface area contributed by atoms with Gasteiger partial charge in [-0.25, -0.2) is 4.98 Å². The van der Waals surface area contributed by atoms with Crippen LogP contribution in [0.5, 0.6) is 0 Å². The van der Waals surface area contributed by atoms with Crippen molar-refractivity contribution < 1.29 is 5.11 Å². The lowest BCUT2D eigenvalue weighted by Gasteiger charge is -2.05. The van der Waals surface area contributed by atoms with E-state index in [1.165, 1.54) is 0 Å². The van der Waals surface area contributed by atoms with Crippen LogP contribution in [0.4, 0.5) is 0 Å². The van der Waals surface area contributed by atoms with Crippen molar-refractivity contribution in [2.75, 3.05) is 0 Å². The van der Waals surface area contributed by atoms with Gasteiger partial charge in [0, 0.05) is 27.8 Å². The molecule has 3 nitrogen and oxygen atoms in total. The van der Waals surface area contributed by atoms with E-state index in [0.29, 0.717) is 5.69 Å². The fourth-order valence-electron chi connectivity index (χ4n) is 1.73. The van der Waals surface area contributed by atoms with E-state index in [0.717, 1.165) is 15.7 Å². The largest absolute Gasteiger partial charge is 0.382 e. The number of halogens is 1. The first kappa shape index (κ1) is 11.0. The van der Waals surface area contributed by atoms with Crippen LogP contribution >= 0.6 is 27.3 Å². The van der Waals surface area contributed by atoms with Gasteiger partial charge in [-0.05, 0) is 33.4 Å². The first-order valence-electron chi connectivity index (χ1n) is 5.09. The standard InChI is InChI=1S/C12H9BrN2OS/c13-9-7-17-6-8(9)12(16)10-5-15-4-2-1-3-11(15)14-10/h1-7,12,16H. The molecule has 0 aliphatic rings. The number of aliphatic hydroxyl groups excluding tert-OH is 1. The van der Waals surface area contributed by atoms with Crippen molar-refractivity contribution in [3.05, 3.63) is 57.1 Å². The summed E-state index contributed by atoms with van der Waals surface area (Å²) < 4.78 is 2.82. The van der Waals surface area contributed by atoms with Crippen LogP contribution in [-0.4, -0.2) is 14.5 Å². The Kier molecular flexibility index (Phi) is 2.74. The predicted octanol–water partition coefficient (Wildman–Crippen LogP) is 3.24. The fourth-order valence-corrected chi connectivity index (χ4v) is 3.26. The van der Waals surface area contributed by atoms with Crippen LogP contribution in [-0.2, 0) is 0 Å². The van der Waals surface area contributed by atoms with Crippen LogP contribution in [0, 0.1) is 0 Å². The second kappa shape index (κ2) is 4.25. The van der Waals surface area contributed by atoms with Crippen LogP contribution in [0.25, 0.3) is 5.65 Å². The summed E-state index contributed by atoms with van der Waals surface area (Å²) in [5.41, 5.74) is 2.36. The highest BCUT2D eigenvalue weighted by molar-refractivity contribution is 9.10. The topological polar surface area (TPSA) is 37.5 Å². The molecule has 0 bridgehead atoms. The average molecular weight is 309 g/mol. The third-order valence-corrected chi connectivity index (χ3v) is 4.35. The molecule has 0 aromatic carbocycles. The maximum absolute atomic E-state index is 10.3. The van der Waals surface area contributed by atoms with Crippen LogP contribution in [0.1, 0.15) is 17.4 Å². The van der Waals surface area contributed by atoms with E-state index in [1.807, 2.05) is 45.8 Å². The molecule has 3 heterocycles. The minimum Gasteiger partial charge on any atom is -0.382 e. The predicted molar refractivity (Wildman–Crippen MR) is 71.3 cm³/mol. The molecule has 0 aliphatic carbocycles. The Hall–Kier alpha value is -1.17. The van der Waals surface area contributed by atoms with E-state index >= 15 is 0 Å². The van der Waals surface area contributed by atoms with E-state index in [9.17, 15) is 5.11 Å². The number of hydrogen-bond donors (Lipinski definition) is 1. The molecular formula is C12H9BrN2OS. The monoisotopic (exact) mass is 308 g/mol. The second-order valence-corrected chi connectivity index (χ2v) is 5.31. The lowest BCUT2D eigenvalue weighted by Crippen LogP contribution is -1.98. The molecule has 86 valence electrons. The first-order valence-corrected chi connectivity index (χ1v) is 6.82. The molecule has 0 spiro atoms. The number of fused-ring (bicyclic) bond motifs is 1. The summed E-state index contributed by atoms with van der Waals surface area (Å²) in [6, 6.07) is 5.78. The summed E-state index contributed by atoms with van der Waals surface area (Å²) in [7, 11) is 0. The molecule has 1 N–H and O–H groups in total. The molecule has 3 aromatic heterocycles. The van der Waals surface area contributed by atoms with E-state index in [2.05, 4.69) is 20.9 Å². The minimum absolute atomic E-state index is 0.662. The van der Waals surface area contributed by atoms with Gasteiger partial charge in [0.2, 0.25) is 0 Å². The number of rotatable bonds is 2. The van der Waals surface area contributed by atoms with Gasteiger partial charge >= 0.3 is 0 Å². The van der Waals surface area contributed by atoms with Crippen molar-refractivity contribution in [1.29, 1.82) is 0 Å². The fraction of sp³-hybridized carbons (Fsp3) is 0.0833. The zero-order valence-corrected chi connectivity index (χ0v) is 11.1. The molecule has 0 amide bonds. The van der Waals surface area contributed by atoms with E-state index in [-0.39, 0.29) is 0 Å². The first-order chi connectivity index (χ1) is 8.25. The molecular weight excluding hydrogens is 300 g/mol. The van der Waals surface area contributed by atoms with Crippen molar-refractivity contribution in [2.45, 2.75) is 6.10 Å². The molecule has 5 heteroatoms. The quantitative estimate of drug-likeness (QED) is 0.789. The van der Waals surface area contributed by atoms with Gasteiger partial charge in [0.15, 0.2) is 0 Å². The van der Waals surface area contributed by atoms with Gasteiger partial charge in [0.25, 0.3) is 0 Å². The average Bonchev–Trinajstić information content (AvgIpc) is 2.93. The SMILES string of the molecule is OC(c1cn2ccccc2n1)c1cscc1Br. The maximum atomic E-state index is 10.3. The molecule has 3 aromatic rings. The number of pyridine rings is 1. The second-order valence-electron chi connectivity index (χ2n) is 3.71. The molecule has 1 unspecified atom stereocenters. The van der Waals surface area contributed by atoms with Gasteiger partial charge in [-0.1, -0.05) is 6.07 Å². The Morgan fingerprint density at radius 2 is 2.24 bits per heavy atom. The van der Waals surface area contributed by atoms with Gasteiger partial charge in [0.05, 0.1) is 5.69 Å². The van der Waals surface area contributed by atoms with Crippen molar-refractivity contribution in [1.82, 2.24) is 9.38 Å². The van der Waals surface area contributed by atoms with Crippen molar-refractivity contribution in [2.24, 2.45) is 0 Å². The zero-order chi connectivity index (χ0) is 11.8. The Labute approximate surface area is 110 Å². The highest BCUT2D eigenvalue weighted by Crippen LogP contribution is 2.31. The number of thiophene rings is 1. The molecule has 3 rings (SSSR count). The molecule has 0 saturated heterocycles. The normalized spacial score (nSPS) is 13.1. The van der Waals surface area contributed by atoms with Crippen LogP contribution in [0.3, 0.4) is 0 Å². The number of hydrogen-bond acceptors (Lipinski definition) is 3. The lowest BCUT2D eigenvalue weighted by molar-refractivity contribution is 0.216. The van der Waals surface area contributed by atoms with Crippen LogP contribution in [0.2, 0.25) is 0 Å². The van der Waals surface area contributed by atoms with E-state index < -0.39 is 6.10 Å². The summed E-state index contributed by atoms with van der Waals surface area (Å²) in [4.78, 5) is 4.41. The highest BCUT2D eigenvalue weighted by Gasteiger charge is 2.17. The molecule has 0 saturated carbocycles. The van der Waals surface area contributed by atoms with Gasteiger partial charge in [-0.15, -0.1) is 0 Å². The number of aliphatic hydroxyl groups is 1. The number of nitrogens with zero attached hydrogens (tertiary/aromatic N) is 2. The van der Waals surface area contributed by atoms with Crippen molar-refractivity contribution >= 4 is 32.9 Å². The van der Waals surface area contributed by atoms with Crippen molar-refractivity contribution in [3.63, 3.8) is 0 Å². The number of imidazole rings is 1. The summed E-state index contributed by atoms with van der Waals surface area (Å²) in [6.07, 6.45) is 3.08. The smallest absolute Gasteiger partial charge is 0.137 e. The summed E-state index contributed by atoms with van der Waals surface area (Å²) >= 11 is 4.98. The molecule has 0 aliphatic heterocycles. The Morgan fingerprint density at radius 1 is 1.35 bits per heavy atom. The summed E-state index contributed by atoms with van der Waals surface area (Å²) in [6.45, 7) is 0. The summed E-state index contributed by atoms with van der Waals surface area (Å²) in [5.74, 6) is 0. The molecule has 0 fully saturated rings. The van der Waals surface area contributed by atoms with Gasteiger partial charge in [0.1, 0.15) is 11.8 Å². The maximum Gasteiger partial charge on any atom is 0.137 e.